The second-order valence-corrected chi connectivity index (χ2v) is 3.46. The lowest BCUT2D eigenvalue weighted by Crippen LogP contribution is -1.95. The van der Waals surface area contributed by atoms with Crippen LogP contribution in [0.1, 0.15) is 32.9 Å². The number of aromatic nitrogens is 3. The van der Waals surface area contributed by atoms with Gasteiger partial charge in [0.05, 0.1) is 12.2 Å². The molecule has 0 aliphatic rings. The van der Waals surface area contributed by atoms with Gasteiger partial charge in [0.15, 0.2) is 0 Å². The van der Waals surface area contributed by atoms with E-state index in [0.717, 1.165) is 25.1 Å². The van der Waals surface area contributed by atoms with E-state index in [2.05, 4.69) is 37.2 Å². The van der Waals surface area contributed by atoms with Crippen molar-refractivity contribution in [3.05, 3.63) is 23.5 Å². The quantitative estimate of drug-likeness (QED) is 0.663. The SMILES string of the molecule is CCCc1cn(CC=C(C)C)nn1. The first-order chi connectivity index (χ1) is 6.22. The third-order valence-electron chi connectivity index (χ3n) is 1.78. The standard InChI is InChI=1S/C10H17N3/c1-4-5-10-8-13(12-11-10)7-6-9(2)3/h6,8H,4-5,7H2,1-3H3. The number of hydrogen-bond donors (Lipinski definition) is 0. The molecule has 0 saturated carbocycles. The Bertz CT molecular complexity index is 282. The smallest absolute Gasteiger partial charge is 0.0827 e. The predicted molar refractivity (Wildman–Crippen MR) is 53.4 cm³/mol. The highest BCUT2D eigenvalue weighted by atomic mass is 15.4. The van der Waals surface area contributed by atoms with Gasteiger partial charge in [-0.15, -0.1) is 5.10 Å². The fourth-order valence-corrected chi connectivity index (χ4v) is 1.07. The maximum atomic E-state index is 4.07. The van der Waals surface area contributed by atoms with Crippen LogP contribution in [0.15, 0.2) is 17.8 Å². The summed E-state index contributed by atoms with van der Waals surface area (Å²) < 4.78 is 1.87. The molecule has 0 saturated heterocycles. The summed E-state index contributed by atoms with van der Waals surface area (Å²) in [5.41, 5.74) is 2.40. The zero-order chi connectivity index (χ0) is 9.68. The third-order valence-corrected chi connectivity index (χ3v) is 1.78. The molecule has 1 rings (SSSR count). The van der Waals surface area contributed by atoms with Crippen LogP contribution in [0, 0.1) is 0 Å². The Hall–Kier alpha value is -1.12. The highest BCUT2D eigenvalue weighted by Crippen LogP contribution is 1.98. The molecule has 0 spiro atoms. The molecule has 1 aromatic heterocycles. The summed E-state index contributed by atoms with van der Waals surface area (Å²) in [7, 11) is 0. The number of rotatable bonds is 4. The van der Waals surface area contributed by atoms with Crippen LogP contribution in [0.5, 0.6) is 0 Å². The minimum absolute atomic E-state index is 0.832. The fourth-order valence-electron chi connectivity index (χ4n) is 1.07. The molecular weight excluding hydrogens is 162 g/mol. The lowest BCUT2D eigenvalue weighted by molar-refractivity contribution is 0.658. The summed E-state index contributed by atoms with van der Waals surface area (Å²) in [5, 5.41) is 8.10. The normalized spacial score (nSPS) is 10.1. The average molecular weight is 179 g/mol. The van der Waals surface area contributed by atoms with Gasteiger partial charge in [-0.2, -0.15) is 0 Å². The first kappa shape index (κ1) is 9.96. The molecule has 1 heterocycles. The van der Waals surface area contributed by atoms with Crippen LogP contribution in [-0.2, 0) is 13.0 Å². The van der Waals surface area contributed by atoms with Gasteiger partial charge >= 0.3 is 0 Å². The second kappa shape index (κ2) is 4.80. The van der Waals surface area contributed by atoms with E-state index in [9.17, 15) is 0 Å². The van der Waals surface area contributed by atoms with Crippen LogP contribution in [0.4, 0.5) is 0 Å². The highest BCUT2D eigenvalue weighted by molar-refractivity contribution is 4.96. The number of aryl methyl sites for hydroxylation is 1. The molecule has 0 radical (unpaired) electrons. The maximum Gasteiger partial charge on any atom is 0.0827 e. The molecule has 0 fully saturated rings. The molecule has 0 aliphatic carbocycles. The number of nitrogens with zero attached hydrogens (tertiary/aromatic N) is 3. The zero-order valence-corrected chi connectivity index (χ0v) is 8.62. The molecule has 0 atom stereocenters. The molecule has 72 valence electrons. The molecule has 0 bridgehead atoms. The van der Waals surface area contributed by atoms with Crippen molar-refractivity contribution < 1.29 is 0 Å². The summed E-state index contributed by atoms with van der Waals surface area (Å²) >= 11 is 0. The molecule has 0 aliphatic heterocycles. The van der Waals surface area contributed by atoms with Gasteiger partial charge in [0.25, 0.3) is 0 Å². The van der Waals surface area contributed by atoms with Crippen LogP contribution in [-0.4, -0.2) is 15.0 Å². The molecule has 0 N–H and O–H groups in total. The van der Waals surface area contributed by atoms with Gasteiger partial charge in [-0.25, -0.2) is 4.68 Å². The fraction of sp³-hybridized carbons (Fsp3) is 0.600. The molecule has 3 heteroatoms. The lowest BCUT2D eigenvalue weighted by Gasteiger charge is -1.93. The van der Waals surface area contributed by atoms with E-state index in [1.807, 2.05) is 10.9 Å². The molecule has 3 nitrogen and oxygen atoms in total. The van der Waals surface area contributed by atoms with Crippen molar-refractivity contribution in [1.29, 1.82) is 0 Å². The highest BCUT2D eigenvalue weighted by Gasteiger charge is 1.96. The molecular formula is C10H17N3. The van der Waals surface area contributed by atoms with Crippen LogP contribution < -0.4 is 0 Å². The second-order valence-electron chi connectivity index (χ2n) is 3.46. The van der Waals surface area contributed by atoms with Gasteiger partial charge in [-0.05, 0) is 20.3 Å². The van der Waals surface area contributed by atoms with Gasteiger partial charge in [-0.3, -0.25) is 0 Å². The first-order valence-electron chi connectivity index (χ1n) is 4.74. The van der Waals surface area contributed by atoms with E-state index in [-0.39, 0.29) is 0 Å². The number of hydrogen-bond acceptors (Lipinski definition) is 2. The Morgan fingerprint density at radius 2 is 2.31 bits per heavy atom. The van der Waals surface area contributed by atoms with E-state index in [1.165, 1.54) is 5.57 Å². The largest absolute Gasteiger partial charge is 0.248 e. The minimum atomic E-state index is 0.832. The van der Waals surface area contributed by atoms with E-state index in [1.54, 1.807) is 0 Å². The Kier molecular flexibility index (Phi) is 3.68. The van der Waals surface area contributed by atoms with Gasteiger partial charge < -0.3 is 0 Å². The van der Waals surface area contributed by atoms with Crippen molar-refractivity contribution in [1.82, 2.24) is 15.0 Å². The first-order valence-corrected chi connectivity index (χ1v) is 4.74. The lowest BCUT2D eigenvalue weighted by atomic mass is 10.3. The zero-order valence-electron chi connectivity index (χ0n) is 8.62. The van der Waals surface area contributed by atoms with Gasteiger partial charge in [-0.1, -0.05) is 30.2 Å². The van der Waals surface area contributed by atoms with Crippen molar-refractivity contribution >= 4 is 0 Å². The minimum Gasteiger partial charge on any atom is -0.248 e. The Morgan fingerprint density at radius 3 is 2.92 bits per heavy atom. The predicted octanol–water partition coefficient (Wildman–Crippen LogP) is 2.20. The Balaban J connectivity index is 2.53. The maximum absolute atomic E-state index is 4.07. The van der Waals surface area contributed by atoms with E-state index in [0.29, 0.717) is 0 Å². The molecule has 1 aromatic rings. The average Bonchev–Trinajstić information content (AvgIpc) is 2.50. The van der Waals surface area contributed by atoms with Crippen LogP contribution in [0.3, 0.4) is 0 Å². The summed E-state index contributed by atoms with van der Waals surface area (Å²) in [6.45, 7) is 7.15. The molecule has 0 amide bonds. The van der Waals surface area contributed by atoms with Crippen LogP contribution >= 0.6 is 0 Å². The van der Waals surface area contributed by atoms with E-state index >= 15 is 0 Å². The summed E-state index contributed by atoms with van der Waals surface area (Å²) in [6, 6.07) is 0. The van der Waals surface area contributed by atoms with Crippen molar-refractivity contribution in [2.45, 2.75) is 40.2 Å². The summed E-state index contributed by atoms with van der Waals surface area (Å²) in [6.07, 6.45) is 6.31. The Morgan fingerprint density at radius 1 is 1.54 bits per heavy atom. The molecule has 0 unspecified atom stereocenters. The summed E-state index contributed by atoms with van der Waals surface area (Å²) in [4.78, 5) is 0. The third kappa shape index (κ3) is 3.40. The monoisotopic (exact) mass is 179 g/mol. The van der Waals surface area contributed by atoms with Gasteiger partial charge in [0.2, 0.25) is 0 Å². The van der Waals surface area contributed by atoms with Crippen molar-refractivity contribution in [2.24, 2.45) is 0 Å². The van der Waals surface area contributed by atoms with Crippen molar-refractivity contribution in [3.63, 3.8) is 0 Å². The van der Waals surface area contributed by atoms with Crippen molar-refractivity contribution in [2.75, 3.05) is 0 Å². The topological polar surface area (TPSA) is 30.7 Å². The molecule has 0 aromatic carbocycles. The number of allylic oxidation sites excluding steroid dienone is 2. The summed E-state index contributed by atoms with van der Waals surface area (Å²) in [5.74, 6) is 0. The molecule has 13 heavy (non-hydrogen) atoms. The van der Waals surface area contributed by atoms with E-state index < -0.39 is 0 Å². The van der Waals surface area contributed by atoms with E-state index in [4.69, 9.17) is 0 Å². The van der Waals surface area contributed by atoms with Crippen molar-refractivity contribution in [3.8, 4) is 0 Å². The van der Waals surface area contributed by atoms with Crippen LogP contribution in [0.2, 0.25) is 0 Å². The Labute approximate surface area is 79.5 Å². The van der Waals surface area contributed by atoms with Gasteiger partial charge in [0, 0.05) is 6.20 Å². The van der Waals surface area contributed by atoms with Crippen LogP contribution in [0.25, 0.3) is 0 Å². The van der Waals surface area contributed by atoms with Gasteiger partial charge in [0.1, 0.15) is 0 Å².